The number of aryl methyl sites for hydroxylation is 1. The lowest BCUT2D eigenvalue weighted by Crippen LogP contribution is -2.31. The molecule has 5 heteroatoms. The second-order valence-corrected chi connectivity index (χ2v) is 7.40. The van der Waals surface area contributed by atoms with E-state index in [0.717, 1.165) is 36.5 Å². The highest BCUT2D eigenvalue weighted by molar-refractivity contribution is 5.85. The minimum absolute atomic E-state index is 0.0119. The molecule has 0 radical (unpaired) electrons. The van der Waals surface area contributed by atoms with Crippen molar-refractivity contribution >= 4 is 5.78 Å². The fourth-order valence-electron chi connectivity index (χ4n) is 3.51. The van der Waals surface area contributed by atoms with Crippen LogP contribution in [0.1, 0.15) is 43.0 Å². The van der Waals surface area contributed by atoms with Crippen LogP contribution in [-0.4, -0.2) is 23.4 Å². The lowest BCUT2D eigenvalue weighted by Gasteiger charge is -2.14. The van der Waals surface area contributed by atoms with Crippen molar-refractivity contribution < 1.29 is 14.3 Å². The van der Waals surface area contributed by atoms with Crippen LogP contribution in [0, 0.1) is 6.92 Å². The third-order valence-corrected chi connectivity index (χ3v) is 5.43. The Bertz CT molecular complexity index is 841. The van der Waals surface area contributed by atoms with Crippen molar-refractivity contribution in [2.75, 3.05) is 6.61 Å². The van der Waals surface area contributed by atoms with Crippen molar-refractivity contribution in [1.82, 2.24) is 4.98 Å². The zero-order valence-corrected chi connectivity index (χ0v) is 15.2. The molecule has 1 saturated carbocycles. The molecule has 136 valence electrons. The summed E-state index contributed by atoms with van der Waals surface area (Å²) >= 11 is 0. The monoisotopic (exact) mass is 352 g/mol. The summed E-state index contributed by atoms with van der Waals surface area (Å²) in [6, 6.07) is 7.31. The molecule has 1 spiro atoms. The number of aromatic nitrogens is 1. The largest absolute Gasteiger partial charge is 0.492 e. The van der Waals surface area contributed by atoms with E-state index in [1.165, 1.54) is 5.56 Å². The van der Waals surface area contributed by atoms with Gasteiger partial charge in [-0.15, -0.1) is 0 Å². The SMILES string of the molecule is CC[C@@H](N)C(=O)Cc1ccc(Oc2ccc(C)c3c2C2(CC2)CO3)cn1. The number of fused-ring (bicyclic) bond motifs is 2. The van der Waals surface area contributed by atoms with E-state index in [9.17, 15) is 4.79 Å². The van der Waals surface area contributed by atoms with Gasteiger partial charge in [-0.05, 0) is 49.9 Å². The first kappa shape index (κ1) is 17.0. The van der Waals surface area contributed by atoms with Crippen molar-refractivity contribution in [1.29, 1.82) is 0 Å². The number of ether oxygens (including phenoxy) is 2. The molecule has 1 aromatic carbocycles. The van der Waals surface area contributed by atoms with Crippen molar-refractivity contribution in [3.8, 4) is 17.2 Å². The summed E-state index contributed by atoms with van der Waals surface area (Å²) < 4.78 is 12.1. The summed E-state index contributed by atoms with van der Waals surface area (Å²) in [6.45, 7) is 4.72. The molecule has 2 aromatic rings. The summed E-state index contributed by atoms with van der Waals surface area (Å²) in [5.74, 6) is 2.50. The molecular formula is C21H24N2O3. The molecule has 1 atom stereocenters. The van der Waals surface area contributed by atoms with Gasteiger partial charge in [-0.2, -0.15) is 0 Å². The highest BCUT2D eigenvalue weighted by Gasteiger charge is 2.53. The molecule has 2 aliphatic rings. The molecule has 1 fully saturated rings. The van der Waals surface area contributed by atoms with Crippen LogP contribution in [0.15, 0.2) is 30.5 Å². The second-order valence-electron chi connectivity index (χ2n) is 7.40. The zero-order chi connectivity index (χ0) is 18.3. The van der Waals surface area contributed by atoms with Gasteiger partial charge in [-0.3, -0.25) is 9.78 Å². The van der Waals surface area contributed by atoms with Crippen molar-refractivity contribution in [2.24, 2.45) is 5.73 Å². The quantitative estimate of drug-likeness (QED) is 0.862. The Morgan fingerprint density at radius 2 is 2.15 bits per heavy atom. The van der Waals surface area contributed by atoms with Gasteiger partial charge in [0.15, 0.2) is 5.78 Å². The van der Waals surface area contributed by atoms with E-state index >= 15 is 0 Å². The van der Waals surface area contributed by atoms with Crippen molar-refractivity contribution in [3.63, 3.8) is 0 Å². The third-order valence-electron chi connectivity index (χ3n) is 5.43. The number of benzene rings is 1. The molecule has 0 bridgehead atoms. The number of nitrogens with zero attached hydrogens (tertiary/aromatic N) is 1. The Morgan fingerprint density at radius 3 is 2.81 bits per heavy atom. The number of Topliss-reactive ketones (excluding diaryl/α,β-unsaturated/α-hetero) is 1. The van der Waals surface area contributed by atoms with Crippen LogP contribution in [0.4, 0.5) is 0 Å². The summed E-state index contributed by atoms with van der Waals surface area (Å²) in [4.78, 5) is 16.3. The second kappa shape index (κ2) is 6.40. The maximum atomic E-state index is 11.9. The lowest BCUT2D eigenvalue weighted by molar-refractivity contribution is -0.119. The maximum absolute atomic E-state index is 11.9. The fraction of sp³-hybridized carbons (Fsp3) is 0.429. The number of hydrogen-bond donors (Lipinski definition) is 1. The number of nitrogens with two attached hydrogens (primary N) is 1. The minimum atomic E-state index is -0.419. The molecule has 1 aliphatic heterocycles. The topological polar surface area (TPSA) is 74.4 Å². The standard InChI is InChI=1S/C21H24N2O3/c1-3-16(22)17(24)10-14-5-6-15(11-23-14)26-18-7-4-13(2)20-19(18)21(8-9-21)12-25-20/h4-7,11,16H,3,8-10,12,22H2,1-2H3/t16-/m1/s1. The summed E-state index contributed by atoms with van der Waals surface area (Å²) in [7, 11) is 0. The molecule has 26 heavy (non-hydrogen) atoms. The van der Waals surface area contributed by atoms with Crippen LogP contribution in [0.2, 0.25) is 0 Å². The first-order valence-electron chi connectivity index (χ1n) is 9.20. The summed E-state index contributed by atoms with van der Waals surface area (Å²) in [6.07, 6.45) is 4.86. The molecule has 0 unspecified atom stereocenters. The lowest BCUT2D eigenvalue weighted by atomic mass is 9.95. The van der Waals surface area contributed by atoms with Gasteiger partial charge >= 0.3 is 0 Å². The number of ketones is 1. The van der Waals surface area contributed by atoms with Gasteiger partial charge in [0, 0.05) is 16.7 Å². The zero-order valence-electron chi connectivity index (χ0n) is 15.2. The first-order chi connectivity index (χ1) is 12.5. The molecule has 1 aliphatic carbocycles. The minimum Gasteiger partial charge on any atom is -0.492 e. The van der Waals surface area contributed by atoms with Crippen LogP contribution in [-0.2, 0) is 16.6 Å². The van der Waals surface area contributed by atoms with Gasteiger partial charge in [0.25, 0.3) is 0 Å². The number of pyridine rings is 1. The van der Waals surface area contributed by atoms with E-state index in [2.05, 4.69) is 11.9 Å². The molecule has 2 N–H and O–H groups in total. The average molecular weight is 352 g/mol. The molecule has 2 heterocycles. The summed E-state index contributed by atoms with van der Waals surface area (Å²) in [5.41, 5.74) is 8.98. The van der Waals surface area contributed by atoms with Crippen LogP contribution in [0.3, 0.4) is 0 Å². The Balaban J connectivity index is 1.53. The third kappa shape index (κ3) is 2.97. The van der Waals surface area contributed by atoms with Crippen LogP contribution in [0.5, 0.6) is 17.2 Å². The fourth-order valence-corrected chi connectivity index (χ4v) is 3.51. The Labute approximate surface area is 153 Å². The number of hydrogen-bond acceptors (Lipinski definition) is 5. The van der Waals surface area contributed by atoms with Gasteiger partial charge < -0.3 is 15.2 Å². The smallest absolute Gasteiger partial charge is 0.155 e. The van der Waals surface area contributed by atoms with E-state index in [1.54, 1.807) is 6.20 Å². The number of carbonyl (C=O) groups excluding carboxylic acids is 1. The first-order valence-corrected chi connectivity index (χ1v) is 9.20. The highest BCUT2D eigenvalue weighted by atomic mass is 16.5. The van der Waals surface area contributed by atoms with Gasteiger partial charge in [0.05, 0.1) is 25.3 Å². The van der Waals surface area contributed by atoms with E-state index < -0.39 is 6.04 Å². The van der Waals surface area contributed by atoms with Gasteiger partial charge in [0.2, 0.25) is 0 Å². The average Bonchev–Trinajstić information content (AvgIpc) is 3.32. The molecule has 5 nitrogen and oxygen atoms in total. The van der Waals surface area contributed by atoms with Crippen molar-refractivity contribution in [2.45, 2.75) is 51.0 Å². The predicted octanol–water partition coefficient (Wildman–Crippen LogP) is 3.46. The van der Waals surface area contributed by atoms with Gasteiger partial charge in [0.1, 0.15) is 17.2 Å². The molecule has 4 rings (SSSR count). The van der Waals surface area contributed by atoms with Crippen LogP contribution in [0.25, 0.3) is 0 Å². The van der Waals surface area contributed by atoms with Gasteiger partial charge in [-0.25, -0.2) is 0 Å². The Morgan fingerprint density at radius 1 is 1.35 bits per heavy atom. The predicted molar refractivity (Wildman–Crippen MR) is 98.9 cm³/mol. The molecule has 0 saturated heterocycles. The molecular weight excluding hydrogens is 328 g/mol. The summed E-state index contributed by atoms with van der Waals surface area (Å²) in [5, 5.41) is 0. The Hall–Kier alpha value is -2.40. The van der Waals surface area contributed by atoms with Crippen molar-refractivity contribution in [3.05, 3.63) is 47.3 Å². The van der Waals surface area contributed by atoms with E-state index in [0.29, 0.717) is 17.9 Å². The van der Waals surface area contributed by atoms with Gasteiger partial charge in [-0.1, -0.05) is 13.0 Å². The number of rotatable bonds is 6. The normalized spacial score (nSPS) is 17.5. The van der Waals surface area contributed by atoms with E-state index in [4.69, 9.17) is 15.2 Å². The van der Waals surface area contributed by atoms with Crippen LogP contribution < -0.4 is 15.2 Å². The molecule has 0 amide bonds. The molecule has 1 aromatic heterocycles. The Kier molecular flexibility index (Phi) is 4.19. The maximum Gasteiger partial charge on any atom is 0.155 e. The van der Waals surface area contributed by atoms with E-state index in [1.807, 2.05) is 31.2 Å². The van der Waals surface area contributed by atoms with E-state index in [-0.39, 0.29) is 17.6 Å². The van der Waals surface area contributed by atoms with Crippen LogP contribution >= 0.6 is 0 Å². The highest BCUT2D eigenvalue weighted by Crippen LogP contribution is 2.59. The number of carbonyl (C=O) groups is 1.